The standard InChI is InChI=1S/C18H19NO2/c1-11-6-13(8-14(19)7-11)17(20)12-4-5-16-15(9-12)18(2,3)10-21-16/h4-9H,10,19H2,1-3H3. The van der Waals surface area contributed by atoms with E-state index in [4.69, 9.17) is 10.5 Å². The highest BCUT2D eigenvalue weighted by molar-refractivity contribution is 6.09. The van der Waals surface area contributed by atoms with Crippen LogP contribution in [-0.4, -0.2) is 12.4 Å². The zero-order chi connectivity index (χ0) is 15.2. The van der Waals surface area contributed by atoms with E-state index >= 15 is 0 Å². The summed E-state index contributed by atoms with van der Waals surface area (Å²) in [5.74, 6) is 0.871. The fourth-order valence-electron chi connectivity index (χ4n) is 2.77. The number of nitrogens with two attached hydrogens (primary N) is 1. The molecule has 0 atom stereocenters. The lowest BCUT2D eigenvalue weighted by Gasteiger charge is -2.15. The highest BCUT2D eigenvalue weighted by atomic mass is 16.5. The van der Waals surface area contributed by atoms with Gasteiger partial charge in [-0.05, 0) is 48.9 Å². The summed E-state index contributed by atoms with van der Waals surface area (Å²) in [4.78, 5) is 12.7. The molecule has 3 rings (SSSR count). The number of hydrogen-bond donors (Lipinski definition) is 1. The number of rotatable bonds is 2. The van der Waals surface area contributed by atoms with Crippen molar-refractivity contribution in [1.82, 2.24) is 0 Å². The van der Waals surface area contributed by atoms with E-state index in [1.165, 1.54) is 0 Å². The molecule has 3 heteroatoms. The van der Waals surface area contributed by atoms with Crippen molar-refractivity contribution in [2.75, 3.05) is 12.3 Å². The summed E-state index contributed by atoms with van der Waals surface area (Å²) in [6.07, 6.45) is 0. The Morgan fingerprint density at radius 2 is 1.90 bits per heavy atom. The predicted octanol–water partition coefficient (Wildman–Crippen LogP) is 3.48. The Bertz CT molecular complexity index is 712. The number of carbonyl (C=O) groups excluding carboxylic acids is 1. The second-order valence-corrected chi connectivity index (χ2v) is 6.34. The lowest BCUT2D eigenvalue weighted by atomic mass is 9.85. The smallest absolute Gasteiger partial charge is 0.193 e. The lowest BCUT2D eigenvalue weighted by molar-refractivity contribution is 0.103. The molecule has 2 aromatic carbocycles. The molecular weight excluding hydrogens is 262 g/mol. The van der Waals surface area contributed by atoms with Gasteiger partial charge in [-0.25, -0.2) is 0 Å². The largest absolute Gasteiger partial charge is 0.492 e. The SMILES string of the molecule is Cc1cc(N)cc(C(=O)c2ccc3c(c2)C(C)(C)CO3)c1. The third-order valence-electron chi connectivity index (χ3n) is 3.92. The van der Waals surface area contributed by atoms with Crippen LogP contribution in [0.4, 0.5) is 5.69 Å². The second-order valence-electron chi connectivity index (χ2n) is 6.34. The Balaban J connectivity index is 2.03. The van der Waals surface area contributed by atoms with Crippen LogP contribution in [0.15, 0.2) is 36.4 Å². The minimum Gasteiger partial charge on any atom is -0.492 e. The van der Waals surface area contributed by atoms with E-state index < -0.39 is 0 Å². The first-order chi connectivity index (χ1) is 9.87. The van der Waals surface area contributed by atoms with E-state index in [1.54, 1.807) is 6.07 Å². The van der Waals surface area contributed by atoms with Crippen LogP contribution in [0.5, 0.6) is 5.75 Å². The van der Waals surface area contributed by atoms with Crippen molar-refractivity contribution < 1.29 is 9.53 Å². The van der Waals surface area contributed by atoms with Crippen molar-refractivity contribution in [2.24, 2.45) is 0 Å². The molecule has 21 heavy (non-hydrogen) atoms. The Morgan fingerprint density at radius 3 is 2.62 bits per heavy atom. The van der Waals surface area contributed by atoms with Gasteiger partial charge in [0.15, 0.2) is 5.78 Å². The molecule has 0 fully saturated rings. The van der Waals surface area contributed by atoms with Crippen molar-refractivity contribution in [1.29, 1.82) is 0 Å². The second kappa shape index (κ2) is 4.62. The molecule has 1 aliphatic rings. The minimum atomic E-state index is -0.0583. The maximum Gasteiger partial charge on any atom is 0.193 e. The Hall–Kier alpha value is -2.29. The van der Waals surface area contributed by atoms with E-state index in [0.29, 0.717) is 23.4 Å². The molecule has 0 unspecified atom stereocenters. The topological polar surface area (TPSA) is 52.3 Å². The zero-order valence-corrected chi connectivity index (χ0v) is 12.6. The summed E-state index contributed by atoms with van der Waals surface area (Å²) in [7, 11) is 0. The van der Waals surface area contributed by atoms with Gasteiger partial charge in [-0.1, -0.05) is 13.8 Å². The van der Waals surface area contributed by atoms with Crippen molar-refractivity contribution in [3.63, 3.8) is 0 Å². The highest BCUT2D eigenvalue weighted by Gasteiger charge is 2.32. The van der Waals surface area contributed by atoms with Crippen LogP contribution in [0.25, 0.3) is 0 Å². The molecule has 2 aromatic rings. The van der Waals surface area contributed by atoms with Gasteiger partial charge in [-0.3, -0.25) is 4.79 Å². The van der Waals surface area contributed by atoms with Gasteiger partial charge < -0.3 is 10.5 Å². The van der Waals surface area contributed by atoms with Crippen LogP contribution in [-0.2, 0) is 5.41 Å². The molecular formula is C18H19NO2. The van der Waals surface area contributed by atoms with Gasteiger partial charge in [0.1, 0.15) is 5.75 Å². The monoisotopic (exact) mass is 281 g/mol. The zero-order valence-electron chi connectivity index (χ0n) is 12.6. The third kappa shape index (κ3) is 2.40. The molecule has 0 aliphatic carbocycles. The molecule has 1 heterocycles. The summed E-state index contributed by atoms with van der Waals surface area (Å²) in [5, 5.41) is 0. The summed E-state index contributed by atoms with van der Waals surface area (Å²) in [6, 6.07) is 11.1. The van der Waals surface area contributed by atoms with E-state index in [0.717, 1.165) is 16.9 Å². The fraction of sp³-hybridized carbons (Fsp3) is 0.278. The van der Waals surface area contributed by atoms with Gasteiger partial charge in [-0.2, -0.15) is 0 Å². The molecule has 3 nitrogen and oxygen atoms in total. The van der Waals surface area contributed by atoms with Crippen LogP contribution in [0.1, 0.15) is 40.9 Å². The molecule has 0 amide bonds. The van der Waals surface area contributed by atoms with Gasteiger partial charge in [0.25, 0.3) is 0 Å². The maximum absolute atomic E-state index is 12.7. The van der Waals surface area contributed by atoms with E-state index in [2.05, 4.69) is 13.8 Å². The first kappa shape index (κ1) is 13.7. The summed E-state index contributed by atoms with van der Waals surface area (Å²) < 4.78 is 5.66. The molecule has 0 radical (unpaired) electrons. The van der Waals surface area contributed by atoms with Crippen LogP contribution < -0.4 is 10.5 Å². The average Bonchev–Trinajstić information content (AvgIpc) is 2.72. The highest BCUT2D eigenvalue weighted by Crippen LogP contribution is 2.39. The van der Waals surface area contributed by atoms with Crippen LogP contribution in [0.3, 0.4) is 0 Å². The quantitative estimate of drug-likeness (QED) is 0.677. The molecule has 0 bridgehead atoms. The Kier molecular flexibility index (Phi) is 3.01. The van der Waals surface area contributed by atoms with Gasteiger partial charge in [0, 0.05) is 27.8 Å². The molecule has 0 spiro atoms. The van der Waals surface area contributed by atoms with Gasteiger partial charge in [-0.15, -0.1) is 0 Å². The molecule has 0 aromatic heterocycles. The van der Waals surface area contributed by atoms with Gasteiger partial charge >= 0.3 is 0 Å². The molecule has 0 saturated carbocycles. The number of carbonyl (C=O) groups is 1. The number of fused-ring (bicyclic) bond motifs is 1. The van der Waals surface area contributed by atoms with Crippen LogP contribution in [0, 0.1) is 6.92 Å². The Morgan fingerprint density at radius 1 is 1.14 bits per heavy atom. The molecule has 2 N–H and O–H groups in total. The number of aryl methyl sites for hydroxylation is 1. The van der Waals surface area contributed by atoms with E-state index in [-0.39, 0.29) is 11.2 Å². The summed E-state index contributed by atoms with van der Waals surface area (Å²) in [6.45, 7) is 6.83. The normalized spacial score (nSPS) is 15.4. The van der Waals surface area contributed by atoms with Gasteiger partial charge in [0.2, 0.25) is 0 Å². The summed E-state index contributed by atoms with van der Waals surface area (Å²) in [5.41, 5.74) is 9.78. The summed E-state index contributed by atoms with van der Waals surface area (Å²) >= 11 is 0. The van der Waals surface area contributed by atoms with Gasteiger partial charge in [0.05, 0.1) is 6.61 Å². The van der Waals surface area contributed by atoms with E-state index in [9.17, 15) is 4.79 Å². The van der Waals surface area contributed by atoms with Crippen molar-refractivity contribution in [3.05, 3.63) is 58.7 Å². The first-order valence-corrected chi connectivity index (χ1v) is 7.06. The number of ether oxygens (including phenoxy) is 1. The average molecular weight is 281 g/mol. The number of nitrogen functional groups attached to an aromatic ring is 1. The van der Waals surface area contributed by atoms with Crippen molar-refractivity contribution in [2.45, 2.75) is 26.2 Å². The third-order valence-corrected chi connectivity index (χ3v) is 3.92. The van der Waals surface area contributed by atoms with Crippen LogP contribution >= 0.6 is 0 Å². The number of ketones is 1. The number of anilines is 1. The predicted molar refractivity (Wildman–Crippen MR) is 84.0 cm³/mol. The van der Waals surface area contributed by atoms with E-state index in [1.807, 2.05) is 37.3 Å². The lowest BCUT2D eigenvalue weighted by Crippen LogP contribution is -2.18. The first-order valence-electron chi connectivity index (χ1n) is 7.06. The molecule has 0 saturated heterocycles. The fourth-order valence-corrected chi connectivity index (χ4v) is 2.77. The van der Waals surface area contributed by atoms with Crippen molar-refractivity contribution in [3.8, 4) is 5.75 Å². The number of benzene rings is 2. The molecule has 1 aliphatic heterocycles. The van der Waals surface area contributed by atoms with Crippen LogP contribution in [0.2, 0.25) is 0 Å². The molecule has 108 valence electrons. The minimum absolute atomic E-state index is 0.00380. The number of hydrogen-bond acceptors (Lipinski definition) is 3. The maximum atomic E-state index is 12.7. The van der Waals surface area contributed by atoms with Crippen molar-refractivity contribution >= 4 is 11.5 Å². The Labute approximate surface area is 124 Å².